The predicted molar refractivity (Wildman–Crippen MR) is 81.7 cm³/mol. The number of aromatic nitrogens is 4. The SMILES string of the molecule is O=C(c1cnc2ccccn12)N1CCC[C@@H](c2ccn[nH]2)C1. The monoisotopic (exact) mass is 295 g/mol. The molecule has 0 aliphatic carbocycles. The van der Waals surface area contributed by atoms with Gasteiger partial charge in [-0.15, -0.1) is 0 Å². The van der Waals surface area contributed by atoms with E-state index in [1.165, 1.54) is 0 Å². The minimum atomic E-state index is 0.0444. The summed E-state index contributed by atoms with van der Waals surface area (Å²) in [5, 5.41) is 7.04. The summed E-state index contributed by atoms with van der Waals surface area (Å²) >= 11 is 0. The second kappa shape index (κ2) is 5.29. The minimum absolute atomic E-state index is 0.0444. The molecule has 1 saturated heterocycles. The molecule has 112 valence electrons. The van der Waals surface area contributed by atoms with E-state index in [1.54, 1.807) is 12.4 Å². The Kier molecular flexibility index (Phi) is 3.14. The summed E-state index contributed by atoms with van der Waals surface area (Å²) in [7, 11) is 0. The van der Waals surface area contributed by atoms with Crippen molar-refractivity contribution in [2.24, 2.45) is 0 Å². The Morgan fingerprint density at radius 1 is 1.32 bits per heavy atom. The van der Waals surface area contributed by atoms with Gasteiger partial charge in [0.15, 0.2) is 0 Å². The molecular formula is C16H17N5O. The number of imidazole rings is 1. The number of rotatable bonds is 2. The third kappa shape index (κ3) is 2.16. The van der Waals surface area contributed by atoms with Crippen molar-refractivity contribution in [2.75, 3.05) is 13.1 Å². The van der Waals surface area contributed by atoms with Gasteiger partial charge in [0.05, 0.1) is 6.20 Å². The van der Waals surface area contributed by atoms with E-state index in [0.717, 1.165) is 37.3 Å². The average molecular weight is 295 g/mol. The first-order valence-electron chi connectivity index (χ1n) is 7.53. The molecule has 6 nitrogen and oxygen atoms in total. The van der Waals surface area contributed by atoms with Crippen molar-refractivity contribution < 1.29 is 4.79 Å². The Morgan fingerprint density at radius 2 is 2.27 bits per heavy atom. The van der Waals surface area contributed by atoms with Gasteiger partial charge in [-0.05, 0) is 31.0 Å². The first-order valence-corrected chi connectivity index (χ1v) is 7.53. The van der Waals surface area contributed by atoms with Gasteiger partial charge in [0.2, 0.25) is 0 Å². The fourth-order valence-corrected chi connectivity index (χ4v) is 3.16. The molecule has 0 radical (unpaired) electrons. The van der Waals surface area contributed by atoms with Crippen LogP contribution in [0.1, 0.15) is 34.9 Å². The molecule has 0 bridgehead atoms. The molecule has 1 atom stereocenters. The van der Waals surface area contributed by atoms with Gasteiger partial charge in [0, 0.05) is 37.1 Å². The molecule has 0 unspecified atom stereocenters. The van der Waals surface area contributed by atoms with Crippen LogP contribution in [0.5, 0.6) is 0 Å². The normalized spacial score (nSPS) is 18.7. The molecule has 3 aromatic heterocycles. The highest BCUT2D eigenvalue weighted by Gasteiger charge is 2.27. The fourth-order valence-electron chi connectivity index (χ4n) is 3.16. The van der Waals surface area contributed by atoms with E-state index in [4.69, 9.17) is 0 Å². The van der Waals surface area contributed by atoms with Gasteiger partial charge in [-0.2, -0.15) is 5.10 Å². The predicted octanol–water partition coefficient (Wildman–Crippen LogP) is 2.08. The largest absolute Gasteiger partial charge is 0.337 e. The Hall–Kier alpha value is -2.63. The van der Waals surface area contributed by atoms with E-state index in [9.17, 15) is 4.79 Å². The van der Waals surface area contributed by atoms with Crippen LogP contribution in [0.4, 0.5) is 0 Å². The number of likely N-dealkylation sites (tertiary alicyclic amines) is 1. The highest BCUT2D eigenvalue weighted by Crippen LogP contribution is 2.26. The van der Waals surface area contributed by atoms with Gasteiger partial charge in [-0.25, -0.2) is 4.98 Å². The van der Waals surface area contributed by atoms with Crippen molar-refractivity contribution in [1.82, 2.24) is 24.5 Å². The zero-order valence-electron chi connectivity index (χ0n) is 12.1. The molecule has 0 aromatic carbocycles. The summed E-state index contributed by atoms with van der Waals surface area (Å²) in [6, 6.07) is 7.73. The maximum atomic E-state index is 12.8. The number of carbonyl (C=O) groups is 1. The van der Waals surface area contributed by atoms with Crippen LogP contribution < -0.4 is 0 Å². The van der Waals surface area contributed by atoms with Crippen LogP contribution in [0.3, 0.4) is 0 Å². The number of pyridine rings is 1. The zero-order valence-corrected chi connectivity index (χ0v) is 12.1. The van der Waals surface area contributed by atoms with Gasteiger partial charge >= 0.3 is 0 Å². The highest BCUT2D eigenvalue weighted by molar-refractivity contribution is 5.93. The Labute approximate surface area is 127 Å². The molecule has 1 aliphatic heterocycles. The molecule has 1 amide bonds. The molecule has 1 fully saturated rings. The van der Waals surface area contributed by atoms with E-state index in [-0.39, 0.29) is 5.91 Å². The standard InChI is InChI=1S/C16H17N5O/c22-16(14-10-17-15-5-1-2-9-21(14)15)20-8-3-4-12(11-20)13-6-7-18-19-13/h1-2,5-7,9-10,12H,3-4,8,11H2,(H,18,19)/t12-/m1/s1. The number of amides is 1. The van der Waals surface area contributed by atoms with E-state index >= 15 is 0 Å². The summed E-state index contributed by atoms with van der Waals surface area (Å²) in [4.78, 5) is 19.1. The summed E-state index contributed by atoms with van der Waals surface area (Å²) in [5.74, 6) is 0.377. The smallest absolute Gasteiger partial charge is 0.272 e. The Balaban J connectivity index is 1.60. The van der Waals surface area contributed by atoms with Crippen LogP contribution in [0.25, 0.3) is 5.65 Å². The first kappa shape index (κ1) is 13.1. The number of nitrogens with zero attached hydrogens (tertiary/aromatic N) is 4. The molecule has 0 spiro atoms. The van der Waals surface area contributed by atoms with Crippen molar-refractivity contribution in [2.45, 2.75) is 18.8 Å². The lowest BCUT2D eigenvalue weighted by molar-refractivity contribution is 0.0699. The van der Waals surface area contributed by atoms with Gasteiger partial charge < -0.3 is 4.90 Å². The number of piperidine rings is 1. The first-order chi connectivity index (χ1) is 10.8. The Bertz CT molecular complexity index is 792. The number of aromatic amines is 1. The second-order valence-electron chi connectivity index (χ2n) is 5.67. The Morgan fingerprint density at radius 3 is 3.14 bits per heavy atom. The lowest BCUT2D eigenvalue weighted by atomic mass is 9.95. The molecule has 1 N–H and O–H groups in total. The molecule has 4 rings (SSSR count). The third-order valence-corrected chi connectivity index (χ3v) is 4.31. The average Bonchev–Trinajstić information content (AvgIpc) is 3.24. The lowest BCUT2D eigenvalue weighted by Crippen LogP contribution is -2.39. The number of nitrogens with one attached hydrogen (secondary N) is 1. The van der Waals surface area contributed by atoms with E-state index in [0.29, 0.717) is 11.6 Å². The molecule has 4 heterocycles. The minimum Gasteiger partial charge on any atom is -0.337 e. The number of hydrogen-bond acceptors (Lipinski definition) is 3. The molecule has 1 aliphatic rings. The van der Waals surface area contributed by atoms with Crippen molar-refractivity contribution in [3.8, 4) is 0 Å². The highest BCUT2D eigenvalue weighted by atomic mass is 16.2. The van der Waals surface area contributed by atoms with Crippen molar-refractivity contribution in [1.29, 1.82) is 0 Å². The molecule has 0 saturated carbocycles. The summed E-state index contributed by atoms with van der Waals surface area (Å²) < 4.78 is 1.85. The topological polar surface area (TPSA) is 66.3 Å². The number of H-pyrrole nitrogens is 1. The third-order valence-electron chi connectivity index (χ3n) is 4.31. The van der Waals surface area contributed by atoms with Crippen molar-refractivity contribution in [3.63, 3.8) is 0 Å². The quantitative estimate of drug-likeness (QED) is 0.787. The number of fused-ring (bicyclic) bond motifs is 1. The molecule has 3 aromatic rings. The van der Waals surface area contributed by atoms with E-state index in [1.807, 2.05) is 39.8 Å². The van der Waals surface area contributed by atoms with Crippen LogP contribution in [0.15, 0.2) is 42.9 Å². The van der Waals surface area contributed by atoms with Crippen LogP contribution in [-0.4, -0.2) is 43.5 Å². The summed E-state index contributed by atoms with van der Waals surface area (Å²) in [6.07, 6.45) is 7.40. The fraction of sp³-hybridized carbons (Fsp3) is 0.312. The van der Waals surface area contributed by atoms with Crippen LogP contribution >= 0.6 is 0 Å². The maximum Gasteiger partial charge on any atom is 0.272 e. The van der Waals surface area contributed by atoms with Gasteiger partial charge in [0.1, 0.15) is 11.3 Å². The van der Waals surface area contributed by atoms with Gasteiger partial charge in [-0.3, -0.25) is 14.3 Å². The van der Waals surface area contributed by atoms with E-state index < -0.39 is 0 Å². The van der Waals surface area contributed by atoms with Gasteiger partial charge in [0.25, 0.3) is 5.91 Å². The summed E-state index contributed by atoms with van der Waals surface area (Å²) in [6.45, 7) is 1.52. The van der Waals surface area contributed by atoms with E-state index in [2.05, 4.69) is 15.2 Å². The maximum absolute atomic E-state index is 12.8. The van der Waals surface area contributed by atoms with Crippen LogP contribution in [0, 0.1) is 0 Å². The molecular weight excluding hydrogens is 278 g/mol. The number of hydrogen-bond donors (Lipinski definition) is 1. The van der Waals surface area contributed by atoms with Crippen LogP contribution in [0.2, 0.25) is 0 Å². The van der Waals surface area contributed by atoms with Gasteiger partial charge in [-0.1, -0.05) is 6.07 Å². The lowest BCUT2D eigenvalue weighted by Gasteiger charge is -2.32. The van der Waals surface area contributed by atoms with Crippen LogP contribution in [-0.2, 0) is 0 Å². The van der Waals surface area contributed by atoms with Crippen molar-refractivity contribution >= 4 is 11.6 Å². The molecule has 6 heteroatoms. The summed E-state index contributed by atoms with van der Waals surface area (Å²) in [5.41, 5.74) is 2.53. The second-order valence-corrected chi connectivity index (χ2v) is 5.67. The molecule has 22 heavy (non-hydrogen) atoms. The zero-order chi connectivity index (χ0) is 14.9. The van der Waals surface area contributed by atoms with Crippen molar-refractivity contribution in [3.05, 3.63) is 54.2 Å². The number of carbonyl (C=O) groups excluding carboxylic acids is 1.